The molecule has 1 atom stereocenters. The maximum atomic E-state index is 13.2. The molecule has 2 heterocycles. The lowest BCUT2D eigenvalue weighted by molar-refractivity contribution is 0.303. The maximum absolute atomic E-state index is 13.2. The van der Waals surface area contributed by atoms with Gasteiger partial charge < -0.3 is 4.57 Å². The summed E-state index contributed by atoms with van der Waals surface area (Å²) in [7, 11) is -1.89. The summed E-state index contributed by atoms with van der Waals surface area (Å²) < 4.78 is 41.7. The molecule has 0 aliphatic carbocycles. The van der Waals surface area contributed by atoms with Crippen molar-refractivity contribution in [1.82, 2.24) is 13.9 Å². The van der Waals surface area contributed by atoms with Crippen LogP contribution in [-0.2, 0) is 28.7 Å². The van der Waals surface area contributed by atoms with Gasteiger partial charge in [0.15, 0.2) is 0 Å². The van der Waals surface area contributed by atoms with Crippen LogP contribution >= 0.6 is 11.6 Å². The van der Waals surface area contributed by atoms with E-state index in [0.29, 0.717) is 12.1 Å². The third-order valence-electron chi connectivity index (χ3n) is 4.36. The normalized spacial score (nSPS) is 17.9. The number of fused-ring (bicyclic) bond motifs is 1. The van der Waals surface area contributed by atoms with Crippen molar-refractivity contribution >= 4 is 21.6 Å². The number of hydrogen-bond acceptors (Lipinski definition) is 3. The average molecular weight is 372 g/mol. The van der Waals surface area contributed by atoms with Crippen LogP contribution in [0.25, 0.3) is 0 Å². The molecule has 1 unspecified atom stereocenters. The van der Waals surface area contributed by atoms with Gasteiger partial charge in [-0.15, -0.1) is 0 Å². The molecule has 0 N–H and O–H groups in total. The molecule has 1 aromatic carbocycles. The summed E-state index contributed by atoms with van der Waals surface area (Å²) in [6.45, 7) is 1.23. The van der Waals surface area contributed by atoms with Crippen molar-refractivity contribution in [2.75, 3.05) is 13.6 Å². The lowest BCUT2D eigenvalue weighted by atomic mass is 10.00. The Hall–Kier alpha value is -1.44. The van der Waals surface area contributed by atoms with E-state index in [0.717, 1.165) is 25.2 Å². The monoisotopic (exact) mass is 371 g/mol. The second kappa shape index (κ2) is 6.82. The van der Waals surface area contributed by atoms with E-state index in [4.69, 9.17) is 11.6 Å². The van der Waals surface area contributed by atoms with E-state index in [1.54, 1.807) is 13.2 Å². The molecule has 3 rings (SSSR count). The molecule has 2 aromatic rings. The number of halogens is 2. The lowest BCUT2D eigenvalue weighted by Crippen LogP contribution is -2.36. The molecule has 0 spiro atoms. The molecule has 1 aliphatic heterocycles. The highest BCUT2D eigenvalue weighted by Crippen LogP contribution is 2.22. The highest BCUT2D eigenvalue weighted by molar-refractivity contribution is 7.88. The van der Waals surface area contributed by atoms with Gasteiger partial charge in [-0.05, 0) is 30.0 Å². The summed E-state index contributed by atoms with van der Waals surface area (Å²) in [6.07, 6.45) is 5.48. The molecule has 130 valence electrons. The summed E-state index contributed by atoms with van der Waals surface area (Å²) in [5.41, 5.74) is 0.480. The first kappa shape index (κ1) is 17.4. The van der Waals surface area contributed by atoms with Crippen molar-refractivity contribution in [3.63, 3.8) is 0 Å². The Bertz CT molecular complexity index is 838. The molecule has 0 amide bonds. The third kappa shape index (κ3) is 3.79. The van der Waals surface area contributed by atoms with Crippen LogP contribution in [0.5, 0.6) is 0 Å². The van der Waals surface area contributed by atoms with Gasteiger partial charge in [0.25, 0.3) is 0 Å². The second-order valence-electron chi connectivity index (χ2n) is 6.19. The van der Waals surface area contributed by atoms with Crippen LogP contribution in [0.3, 0.4) is 0 Å². The Morgan fingerprint density at radius 2 is 2.25 bits per heavy atom. The zero-order valence-corrected chi connectivity index (χ0v) is 14.9. The Morgan fingerprint density at radius 1 is 1.46 bits per heavy atom. The molecule has 1 aromatic heterocycles. The predicted molar refractivity (Wildman–Crippen MR) is 90.7 cm³/mol. The van der Waals surface area contributed by atoms with Crippen molar-refractivity contribution in [3.8, 4) is 0 Å². The Balaban J connectivity index is 1.65. The zero-order valence-electron chi connectivity index (χ0n) is 13.3. The second-order valence-corrected chi connectivity index (χ2v) is 8.67. The topological polar surface area (TPSA) is 55.2 Å². The fourth-order valence-electron chi connectivity index (χ4n) is 3.01. The van der Waals surface area contributed by atoms with E-state index < -0.39 is 15.8 Å². The van der Waals surface area contributed by atoms with E-state index in [1.807, 2.05) is 6.20 Å². The standard InChI is InChI=1S/C16H19ClFN3O2S/c1-20(9-13-3-5-16-19-6-7-21(16)10-13)24(22,23)11-12-2-4-15(18)14(17)8-12/h2,4,6-8,13H,3,5,9-11H2,1H3. The number of sulfonamides is 1. The first-order valence-corrected chi connectivity index (χ1v) is 9.72. The number of aryl methyl sites for hydroxylation is 1. The lowest BCUT2D eigenvalue weighted by Gasteiger charge is -2.27. The first-order valence-electron chi connectivity index (χ1n) is 7.73. The van der Waals surface area contributed by atoms with Crippen LogP contribution in [0.15, 0.2) is 30.6 Å². The van der Waals surface area contributed by atoms with Crippen LogP contribution < -0.4 is 0 Å². The van der Waals surface area contributed by atoms with Crippen LogP contribution in [0.2, 0.25) is 5.02 Å². The number of aromatic nitrogens is 2. The van der Waals surface area contributed by atoms with Crippen LogP contribution in [0, 0.1) is 11.7 Å². The summed E-state index contributed by atoms with van der Waals surface area (Å²) in [4.78, 5) is 4.28. The summed E-state index contributed by atoms with van der Waals surface area (Å²) >= 11 is 5.72. The predicted octanol–water partition coefficient (Wildman–Crippen LogP) is 2.70. The summed E-state index contributed by atoms with van der Waals surface area (Å²) in [6, 6.07) is 4.00. The molecule has 5 nitrogen and oxygen atoms in total. The van der Waals surface area contributed by atoms with Crippen molar-refractivity contribution in [2.45, 2.75) is 25.1 Å². The summed E-state index contributed by atoms with van der Waals surface area (Å²) in [5.74, 6) is 0.567. The summed E-state index contributed by atoms with van der Waals surface area (Å²) in [5, 5.41) is -0.0646. The Morgan fingerprint density at radius 3 is 3.00 bits per heavy atom. The minimum Gasteiger partial charge on any atom is -0.335 e. The minimum atomic E-state index is -3.48. The van der Waals surface area contributed by atoms with E-state index in [2.05, 4.69) is 9.55 Å². The van der Waals surface area contributed by atoms with Gasteiger partial charge in [0.1, 0.15) is 11.6 Å². The zero-order chi connectivity index (χ0) is 17.3. The smallest absolute Gasteiger partial charge is 0.218 e. The quantitative estimate of drug-likeness (QED) is 0.812. The van der Waals surface area contributed by atoms with Gasteiger partial charge in [-0.3, -0.25) is 0 Å². The van der Waals surface area contributed by atoms with Gasteiger partial charge in [-0.1, -0.05) is 17.7 Å². The number of imidazole rings is 1. The van der Waals surface area contributed by atoms with Crippen LogP contribution in [0.4, 0.5) is 4.39 Å². The highest BCUT2D eigenvalue weighted by Gasteiger charge is 2.25. The molecular formula is C16H19ClFN3O2S. The van der Waals surface area contributed by atoms with Crippen LogP contribution in [0.1, 0.15) is 17.8 Å². The Kier molecular flexibility index (Phi) is 4.94. The SMILES string of the molecule is CN(CC1CCc2nccn2C1)S(=O)(=O)Cc1ccc(F)c(Cl)c1. The van der Waals surface area contributed by atoms with Gasteiger partial charge in [0.05, 0.1) is 10.8 Å². The van der Waals surface area contributed by atoms with Gasteiger partial charge in [0, 0.05) is 39.0 Å². The molecule has 8 heteroatoms. The molecule has 0 bridgehead atoms. The van der Waals surface area contributed by atoms with Gasteiger partial charge in [-0.2, -0.15) is 0 Å². The van der Waals surface area contributed by atoms with E-state index in [-0.39, 0.29) is 16.7 Å². The molecule has 0 saturated carbocycles. The molecule has 0 fully saturated rings. The Labute approximate surface area is 146 Å². The van der Waals surface area contributed by atoms with Crippen LogP contribution in [-0.4, -0.2) is 35.9 Å². The molecule has 0 radical (unpaired) electrons. The van der Waals surface area contributed by atoms with Gasteiger partial charge in [-0.25, -0.2) is 22.1 Å². The molecule has 1 aliphatic rings. The van der Waals surface area contributed by atoms with E-state index in [9.17, 15) is 12.8 Å². The van der Waals surface area contributed by atoms with Crippen molar-refractivity contribution in [3.05, 3.63) is 52.8 Å². The van der Waals surface area contributed by atoms with Crippen molar-refractivity contribution in [2.24, 2.45) is 5.92 Å². The van der Waals surface area contributed by atoms with Gasteiger partial charge >= 0.3 is 0 Å². The van der Waals surface area contributed by atoms with E-state index in [1.165, 1.54) is 22.5 Å². The first-order chi connectivity index (χ1) is 11.3. The fourth-order valence-corrected chi connectivity index (χ4v) is 4.48. The number of nitrogens with zero attached hydrogens (tertiary/aromatic N) is 3. The molecule has 24 heavy (non-hydrogen) atoms. The highest BCUT2D eigenvalue weighted by atomic mass is 35.5. The minimum absolute atomic E-state index is 0.0646. The van der Waals surface area contributed by atoms with Crippen molar-refractivity contribution in [1.29, 1.82) is 0 Å². The van der Waals surface area contributed by atoms with Gasteiger partial charge in [0.2, 0.25) is 10.0 Å². The van der Waals surface area contributed by atoms with Crippen molar-refractivity contribution < 1.29 is 12.8 Å². The average Bonchev–Trinajstić information content (AvgIpc) is 2.98. The maximum Gasteiger partial charge on any atom is 0.218 e. The molecule has 0 saturated heterocycles. The third-order valence-corrected chi connectivity index (χ3v) is 6.44. The fraction of sp³-hybridized carbons (Fsp3) is 0.438. The van der Waals surface area contributed by atoms with E-state index >= 15 is 0 Å². The number of hydrogen-bond donors (Lipinski definition) is 0. The number of benzene rings is 1. The molecular weight excluding hydrogens is 353 g/mol. The number of rotatable bonds is 5. The largest absolute Gasteiger partial charge is 0.335 e.